The molecule has 0 radical (unpaired) electrons. The van der Waals surface area contributed by atoms with E-state index in [0.717, 1.165) is 19.6 Å². The smallest absolute Gasteiger partial charge is 0.0701 e. The molecule has 0 aromatic rings. The summed E-state index contributed by atoms with van der Waals surface area (Å²) in [4.78, 5) is 0. The summed E-state index contributed by atoms with van der Waals surface area (Å²) in [7, 11) is 1.90. The van der Waals surface area contributed by atoms with Gasteiger partial charge in [-0.15, -0.1) is 0 Å². The van der Waals surface area contributed by atoms with Crippen LogP contribution in [-0.4, -0.2) is 146 Å². The number of ether oxygens (including phenoxy) is 10. The summed E-state index contributed by atoms with van der Waals surface area (Å²) in [5.74, 6) is 0. The van der Waals surface area contributed by atoms with Gasteiger partial charge in [0.05, 0.1) is 126 Å². The summed E-state index contributed by atoms with van der Waals surface area (Å²) in [5, 5.41) is 3.03. The van der Waals surface area contributed by atoms with Crippen LogP contribution < -0.4 is 5.32 Å². The molecule has 11 nitrogen and oxygen atoms in total. The molecule has 290 valence electrons. The van der Waals surface area contributed by atoms with E-state index in [0.29, 0.717) is 126 Å². The van der Waals surface area contributed by atoms with Crippen LogP contribution in [0.4, 0.5) is 0 Å². The van der Waals surface area contributed by atoms with Crippen molar-refractivity contribution in [2.75, 3.05) is 146 Å². The Morgan fingerprint density at radius 3 is 0.708 bits per heavy atom. The lowest BCUT2D eigenvalue weighted by Crippen LogP contribution is -2.17. The molecule has 0 unspecified atom stereocenters. The van der Waals surface area contributed by atoms with Crippen LogP contribution in [0.1, 0.15) is 96.8 Å². The highest BCUT2D eigenvalue weighted by Gasteiger charge is 1.97. The van der Waals surface area contributed by atoms with Crippen LogP contribution in [-0.2, 0) is 47.4 Å². The van der Waals surface area contributed by atoms with Crippen LogP contribution in [0.3, 0.4) is 0 Å². The first-order valence-corrected chi connectivity index (χ1v) is 19.3. The van der Waals surface area contributed by atoms with Gasteiger partial charge in [-0.2, -0.15) is 0 Å². The Hall–Kier alpha value is -0.440. The van der Waals surface area contributed by atoms with Crippen LogP contribution >= 0.6 is 0 Å². The Kier molecular flexibility index (Phi) is 46.1. The molecule has 0 heterocycles. The molecule has 0 saturated heterocycles. The van der Waals surface area contributed by atoms with Crippen molar-refractivity contribution in [3.8, 4) is 0 Å². The molecule has 0 amide bonds. The Balaban J connectivity index is 3.04. The second-order valence-corrected chi connectivity index (χ2v) is 11.8. The second-order valence-electron chi connectivity index (χ2n) is 11.8. The van der Waals surface area contributed by atoms with Gasteiger partial charge in [0.25, 0.3) is 0 Å². The molecule has 0 saturated carbocycles. The monoisotopic (exact) mass is 696 g/mol. The molecule has 0 aromatic heterocycles. The first kappa shape index (κ1) is 47.6. The first-order valence-electron chi connectivity index (χ1n) is 19.3. The fourth-order valence-electron chi connectivity index (χ4n) is 4.65. The number of nitrogens with one attached hydrogen (secondary N) is 1. The van der Waals surface area contributed by atoms with Crippen LogP contribution in [0, 0.1) is 0 Å². The maximum Gasteiger partial charge on any atom is 0.0701 e. The van der Waals surface area contributed by atoms with E-state index in [1.54, 1.807) is 0 Å². The lowest BCUT2D eigenvalue weighted by atomic mass is 10.0. The minimum Gasteiger partial charge on any atom is -0.379 e. The SMILES string of the molecule is CCCCCCCCCCCCCCCCOCCOCCOCCOCCOCCOCCOCCOCCOCCOCCNC. The molecule has 0 spiro atoms. The highest BCUT2D eigenvalue weighted by atomic mass is 16.6. The lowest BCUT2D eigenvalue weighted by molar-refractivity contribution is -0.0264. The molecule has 0 rings (SSSR count). The largest absolute Gasteiger partial charge is 0.379 e. The Labute approximate surface area is 295 Å². The summed E-state index contributed by atoms with van der Waals surface area (Å²) in [6.07, 6.45) is 19.3. The van der Waals surface area contributed by atoms with Crippen molar-refractivity contribution in [1.29, 1.82) is 0 Å². The van der Waals surface area contributed by atoms with Crippen LogP contribution in [0.2, 0.25) is 0 Å². The maximum atomic E-state index is 5.68. The summed E-state index contributed by atoms with van der Waals surface area (Å²) >= 11 is 0. The highest BCUT2D eigenvalue weighted by molar-refractivity contribution is 4.49. The maximum absolute atomic E-state index is 5.68. The van der Waals surface area contributed by atoms with E-state index in [9.17, 15) is 0 Å². The summed E-state index contributed by atoms with van der Waals surface area (Å²) in [6.45, 7) is 14.8. The van der Waals surface area contributed by atoms with Gasteiger partial charge in [0.1, 0.15) is 0 Å². The quantitative estimate of drug-likeness (QED) is 0.0776. The van der Waals surface area contributed by atoms with Gasteiger partial charge in [-0.05, 0) is 13.5 Å². The zero-order valence-corrected chi connectivity index (χ0v) is 31.3. The molecule has 11 heteroatoms. The number of hydrogen-bond acceptors (Lipinski definition) is 11. The molecule has 0 aliphatic rings. The fraction of sp³-hybridized carbons (Fsp3) is 1.00. The number of hydrogen-bond donors (Lipinski definition) is 1. The van der Waals surface area contributed by atoms with Crippen molar-refractivity contribution in [3.63, 3.8) is 0 Å². The zero-order valence-electron chi connectivity index (χ0n) is 31.3. The van der Waals surface area contributed by atoms with Crippen molar-refractivity contribution in [3.05, 3.63) is 0 Å². The molecule has 0 aliphatic carbocycles. The summed E-state index contributed by atoms with van der Waals surface area (Å²) in [6, 6.07) is 0. The molecule has 1 N–H and O–H groups in total. The van der Waals surface area contributed by atoms with Crippen LogP contribution in [0.25, 0.3) is 0 Å². The third kappa shape index (κ3) is 45.6. The van der Waals surface area contributed by atoms with Gasteiger partial charge >= 0.3 is 0 Å². The van der Waals surface area contributed by atoms with Crippen molar-refractivity contribution >= 4 is 0 Å². The van der Waals surface area contributed by atoms with Gasteiger partial charge in [0.15, 0.2) is 0 Å². The van der Waals surface area contributed by atoms with Gasteiger partial charge in [-0.25, -0.2) is 0 Å². The standard InChI is InChI=1S/C37H77NO10/c1-3-4-5-6-7-8-9-10-11-12-13-14-15-16-18-39-20-22-41-24-26-43-28-30-45-32-34-47-36-37-48-35-33-46-31-29-44-27-25-42-23-21-40-19-17-38-2/h38H,3-37H2,1-2H3. The van der Waals surface area contributed by atoms with Gasteiger partial charge in [0, 0.05) is 13.2 Å². The highest BCUT2D eigenvalue weighted by Crippen LogP contribution is 2.13. The molecule has 0 bridgehead atoms. The Bertz CT molecular complexity index is 504. The molecule has 0 fully saturated rings. The Morgan fingerprint density at radius 2 is 0.458 bits per heavy atom. The molecule has 0 aliphatic heterocycles. The number of rotatable bonds is 45. The third-order valence-electron chi connectivity index (χ3n) is 7.49. The van der Waals surface area contributed by atoms with Crippen molar-refractivity contribution in [1.82, 2.24) is 5.32 Å². The minimum absolute atomic E-state index is 0.531. The minimum atomic E-state index is 0.531. The molecule has 0 atom stereocenters. The van der Waals surface area contributed by atoms with E-state index >= 15 is 0 Å². The van der Waals surface area contributed by atoms with E-state index in [1.807, 2.05) is 7.05 Å². The summed E-state index contributed by atoms with van der Waals surface area (Å²) in [5.41, 5.74) is 0. The predicted octanol–water partition coefficient (Wildman–Crippen LogP) is 5.85. The van der Waals surface area contributed by atoms with E-state index in [-0.39, 0.29) is 0 Å². The fourth-order valence-corrected chi connectivity index (χ4v) is 4.65. The molecular weight excluding hydrogens is 618 g/mol. The summed E-state index contributed by atoms with van der Waals surface area (Å²) < 4.78 is 55.0. The van der Waals surface area contributed by atoms with Crippen molar-refractivity contribution in [2.45, 2.75) is 96.8 Å². The van der Waals surface area contributed by atoms with Crippen LogP contribution in [0.15, 0.2) is 0 Å². The van der Waals surface area contributed by atoms with E-state index in [4.69, 9.17) is 47.4 Å². The zero-order chi connectivity index (χ0) is 34.5. The van der Waals surface area contributed by atoms with Gasteiger partial charge in [-0.1, -0.05) is 90.4 Å². The first-order chi connectivity index (χ1) is 23.9. The lowest BCUT2D eigenvalue weighted by Gasteiger charge is -2.09. The molecule has 0 aromatic carbocycles. The van der Waals surface area contributed by atoms with Crippen molar-refractivity contribution in [2.24, 2.45) is 0 Å². The van der Waals surface area contributed by atoms with E-state index in [1.165, 1.54) is 83.5 Å². The average molecular weight is 696 g/mol. The topological polar surface area (TPSA) is 104 Å². The van der Waals surface area contributed by atoms with Crippen LogP contribution in [0.5, 0.6) is 0 Å². The normalized spacial score (nSPS) is 11.6. The van der Waals surface area contributed by atoms with Gasteiger partial charge in [-0.3, -0.25) is 0 Å². The number of unbranched alkanes of at least 4 members (excludes halogenated alkanes) is 13. The van der Waals surface area contributed by atoms with E-state index in [2.05, 4.69) is 12.2 Å². The second kappa shape index (κ2) is 46.6. The average Bonchev–Trinajstić information content (AvgIpc) is 3.10. The predicted molar refractivity (Wildman–Crippen MR) is 192 cm³/mol. The van der Waals surface area contributed by atoms with Gasteiger partial charge in [0.2, 0.25) is 0 Å². The third-order valence-corrected chi connectivity index (χ3v) is 7.49. The van der Waals surface area contributed by atoms with Gasteiger partial charge < -0.3 is 52.7 Å². The Morgan fingerprint density at radius 1 is 0.250 bits per heavy atom. The number of likely N-dealkylation sites (N-methyl/N-ethyl adjacent to an activating group) is 1. The molecule has 48 heavy (non-hydrogen) atoms. The molecular formula is C37H77NO10. The van der Waals surface area contributed by atoms with Crippen molar-refractivity contribution < 1.29 is 47.4 Å². The van der Waals surface area contributed by atoms with E-state index < -0.39 is 0 Å².